The van der Waals surface area contributed by atoms with E-state index in [2.05, 4.69) is 55.2 Å². The molecule has 0 bridgehead atoms. The number of nitrogens with one attached hydrogen (secondary N) is 3. The number of aromatic nitrogens is 4. The maximum Gasteiger partial charge on any atom is 0.191 e. The van der Waals surface area contributed by atoms with Crippen LogP contribution in [0.15, 0.2) is 59.9 Å². The number of hydrogen-bond donors (Lipinski definition) is 3. The Morgan fingerprint density at radius 2 is 2.00 bits per heavy atom. The van der Waals surface area contributed by atoms with Gasteiger partial charge in [0, 0.05) is 36.9 Å². The van der Waals surface area contributed by atoms with Gasteiger partial charge in [0.2, 0.25) is 0 Å². The number of H-pyrrole nitrogens is 1. The van der Waals surface area contributed by atoms with Crippen molar-refractivity contribution in [2.24, 2.45) is 4.99 Å². The normalized spacial score (nSPS) is 12.0. The van der Waals surface area contributed by atoms with E-state index in [1.165, 1.54) is 16.5 Å². The summed E-state index contributed by atoms with van der Waals surface area (Å²) in [6.45, 7) is 1.35. The topological polar surface area (TPSA) is 82.4 Å². The van der Waals surface area contributed by atoms with Crippen LogP contribution in [0.1, 0.15) is 11.4 Å². The summed E-state index contributed by atoms with van der Waals surface area (Å²) in [5, 5.41) is 16.3. The molecule has 4 aromatic rings. The molecule has 0 unspecified atom stereocenters. The molecule has 0 radical (unpaired) electrons. The van der Waals surface area contributed by atoms with E-state index < -0.39 is 0 Å². The summed E-state index contributed by atoms with van der Waals surface area (Å²) in [6, 6.07) is 14.2. The van der Waals surface area contributed by atoms with E-state index in [4.69, 9.17) is 0 Å². The smallest absolute Gasteiger partial charge is 0.191 e. The standard InChI is InChI=1S/C19H21N7/c1-20-19(23-13-18-25-24-17-8-4-5-11-26(17)18)21-10-9-14-12-22-16-7-3-2-6-15(14)16/h2-8,11-12,22H,9-10,13H2,1H3,(H2,20,21,23). The Hall–Kier alpha value is -3.35. The number of guanidine groups is 1. The molecule has 3 N–H and O–H groups in total. The van der Waals surface area contributed by atoms with Crippen molar-refractivity contribution in [1.29, 1.82) is 0 Å². The van der Waals surface area contributed by atoms with Gasteiger partial charge in [0.05, 0.1) is 6.54 Å². The van der Waals surface area contributed by atoms with Gasteiger partial charge in [0.1, 0.15) is 0 Å². The highest BCUT2D eigenvalue weighted by Crippen LogP contribution is 2.17. The molecule has 7 nitrogen and oxygen atoms in total. The minimum atomic E-state index is 0.554. The maximum absolute atomic E-state index is 4.28. The van der Waals surface area contributed by atoms with Crippen LogP contribution in [0.25, 0.3) is 16.6 Å². The maximum atomic E-state index is 4.28. The number of para-hydroxylation sites is 1. The number of nitrogens with zero attached hydrogens (tertiary/aromatic N) is 4. The van der Waals surface area contributed by atoms with E-state index in [1.54, 1.807) is 7.05 Å². The highest BCUT2D eigenvalue weighted by Gasteiger charge is 2.06. The first kappa shape index (κ1) is 16.1. The Morgan fingerprint density at radius 3 is 2.92 bits per heavy atom. The average Bonchev–Trinajstić information content (AvgIpc) is 3.29. The zero-order chi connectivity index (χ0) is 17.8. The quantitative estimate of drug-likeness (QED) is 0.381. The van der Waals surface area contributed by atoms with E-state index >= 15 is 0 Å². The molecule has 0 amide bonds. The Labute approximate surface area is 151 Å². The number of benzene rings is 1. The summed E-state index contributed by atoms with van der Waals surface area (Å²) in [5.74, 6) is 1.60. The summed E-state index contributed by atoms with van der Waals surface area (Å²) in [4.78, 5) is 7.59. The molecule has 0 spiro atoms. The van der Waals surface area contributed by atoms with E-state index in [0.717, 1.165) is 30.4 Å². The first-order valence-corrected chi connectivity index (χ1v) is 8.63. The van der Waals surface area contributed by atoms with Crippen LogP contribution < -0.4 is 10.6 Å². The molecule has 4 rings (SSSR count). The summed E-state index contributed by atoms with van der Waals surface area (Å²) in [7, 11) is 1.77. The molecule has 132 valence electrons. The van der Waals surface area contributed by atoms with Gasteiger partial charge in [-0.15, -0.1) is 10.2 Å². The summed E-state index contributed by atoms with van der Waals surface area (Å²) >= 11 is 0. The van der Waals surface area contributed by atoms with E-state index in [0.29, 0.717) is 6.54 Å². The second-order valence-electron chi connectivity index (χ2n) is 6.01. The van der Waals surface area contributed by atoms with E-state index in [9.17, 15) is 0 Å². The van der Waals surface area contributed by atoms with Gasteiger partial charge in [0.25, 0.3) is 0 Å². The van der Waals surface area contributed by atoms with Crippen LogP contribution >= 0.6 is 0 Å². The zero-order valence-electron chi connectivity index (χ0n) is 14.6. The van der Waals surface area contributed by atoms with Crippen molar-refractivity contribution in [1.82, 2.24) is 30.2 Å². The third-order valence-corrected chi connectivity index (χ3v) is 4.38. The van der Waals surface area contributed by atoms with Crippen molar-refractivity contribution < 1.29 is 0 Å². The van der Waals surface area contributed by atoms with Gasteiger partial charge in [-0.3, -0.25) is 9.39 Å². The van der Waals surface area contributed by atoms with Crippen molar-refractivity contribution in [2.45, 2.75) is 13.0 Å². The number of pyridine rings is 1. The van der Waals surface area contributed by atoms with Crippen molar-refractivity contribution in [3.8, 4) is 0 Å². The fraction of sp³-hybridized carbons (Fsp3) is 0.211. The van der Waals surface area contributed by atoms with Crippen molar-refractivity contribution in [3.63, 3.8) is 0 Å². The molecule has 0 atom stereocenters. The number of fused-ring (bicyclic) bond motifs is 2. The van der Waals surface area contributed by atoms with Crippen LogP contribution in [-0.2, 0) is 13.0 Å². The predicted octanol–water partition coefficient (Wildman–Crippen LogP) is 2.12. The molecular weight excluding hydrogens is 326 g/mol. The third kappa shape index (κ3) is 3.23. The zero-order valence-corrected chi connectivity index (χ0v) is 14.6. The molecular formula is C19H21N7. The van der Waals surface area contributed by atoms with Gasteiger partial charge in [-0.05, 0) is 30.2 Å². The Morgan fingerprint density at radius 1 is 1.12 bits per heavy atom. The fourth-order valence-corrected chi connectivity index (χ4v) is 3.05. The van der Waals surface area contributed by atoms with Gasteiger partial charge in [-0.25, -0.2) is 0 Å². The molecule has 3 heterocycles. The lowest BCUT2D eigenvalue weighted by atomic mass is 10.1. The van der Waals surface area contributed by atoms with E-state index in [-0.39, 0.29) is 0 Å². The largest absolute Gasteiger partial charge is 0.361 e. The number of aromatic amines is 1. The Kier molecular flexibility index (Phi) is 4.51. The van der Waals surface area contributed by atoms with Crippen LogP contribution in [-0.4, -0.2) is 39.1 Å². The lowest BCUT2D eigenvalue weighted by Crippen LogP contribution is -2.38. The molecule has 0 aliphatic carbocycles. The minimum Gasteiger partial charge on any atom is -0.361 e. The molecule has 1 aromatic carbocycles. The fourth-order valence-electron chi connectivity index (χ4n) is 3.05. The highest BCUT2D eigenvalue weighted by molar-refractivity contribution is 5.83. The predicted molar refractivity (Wildman–Crippen MR) is 103 cm³/mol. The van der Waals surface area contributed by atoms with Crippen molar-refractivity contribution in [2.75, 3.05) is 13.6 Å². The van der Waals surface area contributed by atoms with Gasteiger partial charge < -0.3 is 15.6 Å². The van der Waals surface area contributed by atoms with Crippen LogP contribution in [0.3, 0.4) is 0 Å². The molecule has 0 aliphatic rings. The minimum absolute atomic E-state index is 0.554. The second-order valence-corrected chi connectivity index (χ2v) is 6.01. The molecule has 0 fully saturated rings. The monoisotopic (exact) mass is 347 g/mol. The van der Waals surface area contributed by atoms with Crippen LogP contribution in [0, 0.1) is 0 Å². The molecule has 7 heteroatoms. The number of hydrogen-bond acceptors (Lipinski definition) is 3. The highest BCUT2D eigenvalue weighted by atomic mass is 15.3. The van der Waals surface area contributed by atoms with Crippen molar-refractivity contribution >= 4 is 22.5 Å². The first-order valence-electron chi connectivity index (χ1n) is 8.63. The Balaban J connectivity index is 1.33. The molecule has 3 aromatic heterocycles. The Bertz CT molecular complexity index is 1040. The molecule has 0 saturated carbocycles. The van der Waals surface area contributed by atoms with Gasteiger partial charge >= 0.3 is 0 Å². The van der Waals surface area contributed by atoms with Crippen LogP contribution in [0.4, 0.5) is 0 Å². The number of rotatable bonds is 5. The van der Waals surface area contributed by atoms with Crippen LogP contribution in [0.5, 0.6) is 0 Å². The van der Waals surface area contributed by atoms with Crippen molar-refractivity contribution in [3.05, 3.63) is 66.2 Å². The first-order chi connectivity index (χ1) is 12.8. The van der Waals surface area contributed by atoms with E-state index in [1.807, 2.05) is 34.9 Å². The van der Waals surface area contributed by atoms with Gasteiger partial charge in [-0.2, -0.15) is 0 Å². The lowest BCUT2D eigenvalue weighted by Gasteiger charge is -2.11. The second kappa shape index (κ2) is 7.26. The van der Waals surface area contributed by atoms with Gasteiger partial charge in [-0.1, -0.05) is 24.3 Å². The van der Waals surface area contributed by atoms with Crippen LogP contribution in [0.2, 0.25) is 0 Å². The average molecular weight is 347 g/mol. The number of aliphatic imine (C=N–C) groups is 1. The molecule has 0 saturated heterocycles. The molecule has 26 heavy (non-hydrogen) atoms. The lowest BCUT2D eigenvalue weighted by molar-refractivity contribution is 0.758. The summed E-state index contributed by atoms with van der Waals surface area (Å²) < 4.78 is 1.96. The molecule has 0 aliphatic heterocycles. The van der Waals surface area contributed by atoms with Gasteiger partial charge in [0.15, 0.2) is 17.4 Å². The SMILES string of the molecule is CN=C(NCCc1c[nH]c2ccccc12)NCc1nnc2ccccn12. The summed E-state index contributed by atoms with van der Waals surface area (Å²) in [5.41, 5.74) is 3.31. The summed E-state index contributed by atoms with van der Waals surface area (Å²) in [6.07, 6.45) is 4.95. The third-order valence-electron chi connectivity index (χ3n) is 4.38.